The van der Waals surface area contributed by atoms with Crippen LogP contribution in [0.15, 0.2) is 18.2 Å². The summed E-state index contributed by atoms with van der Waals surface area (Å²) in [6, 6.07) is 6.15. The molecule has 21 heavy (non-hydrogen) atoms. The van der Waals surface area contributed by atoms with Crippen LogP contribution in [0.1, 0.15) is 23.7 Å². The van der Waals surface area contributed by atoms with Crippen LogP contribution in [0.2, 0.25) is 0 Å². The van der Waals surface area contributed by atoms with Crippen LogP contribution in [0, 0.1) is 5.92 Å². The van der Waals surface area contributed by atoms with E-state index < -0.39 is 0 Å². The summed E-state index contributed by atoms with van der Waals surface area (Å²) in [5.74, 6) is 2.12. The molecule has 3 unspecified atom stereocenters. The first kappa shape index (κ1) is 13.0. The summed E-state index contributed by atoms with van der Waals surface area (Å²) in [7, 11) is 0. The van der Waals surface area contributed by atoms with E-state index in [1.807, 2.05) is 18.2 Å². The fourth-order valence-corrected chi connectivity index (χ4v) is 3.84. The number of carbonyl (C=O) groups excluding carboxylic acids is 1. The highest BCUT2D eigenvalue weighted by molar-refractivity contribution is 5.95. The number of likely N-dealkylation sites (tertiary alicyclic amines) is 1. The summed E-state index contributed by atoms with van der Waals surface area (Å²) in [5.41, 5.74) is 0.693. The third-order valence-corrected chi connectivity index (χ3v) is 4.80. The Labute approximate surface area is 124 Å². The molecule has 4 rings (SSSR count). The maximum atomic E-state index is 12.9. The lowest BCUT2D eigenvalue weighted by atomic mass is 10.0. The third-order valence-electron chi connectivity index (χ3n) is 4.80. The maximum Gasteiger partial charge on any atom is 0.254 e. The molecule has 3 atom stereocenters. The Balaban J connectivity index is 1.62. The van der Waals surface area contributed by atoms with Gasteiger partial charge in [0.05, 0.1) is 0 Å². The topological polar surface area (TPSA) is 50.8 Å². The molecule has 112 valence electrons. The Morgan fingerprint density at radius 1 is 1.24 bits per heavy atom. The molecule has 0 aliphatic carbocycles. The molecule has 0 spiro atoms. The van der Waals surface area contributed by atoms with Crippen LogP contribution in [0.25, 0.3) is 0 Å². The molecule has 2 saturated heterocycles. The predicted octanol–water partition coefficient (Wildman–Crippen LogP) is 1.28. The molecule has 0 saturated carbocycles. The first-order chi connectivity index (χ1) is 10.2. The molecule has 5 nitrogen and oxygen atoms in total. The number of benzene rings is 1. The van der Waals surface area contributed by atoms with E-state index >= 15 is 0 Å². The van der Waals surface area contributed by atoms with Crippen LogP contribution in [0.4, 0.5) is 0 Å². The van der Waals surface area contributed by atoms with Crippen LogP contribution in [0.5, 0.6) is 11.5 Å². The SMILES string of the molecule is CC1CC2CNCC2N1C(=O)c1ccc2c(c1)OCCO2. The van der Waals surface area contributed by atoms with Gasteiger partial charge in [-0.15, -0.1) is 0 Å². The van der Waals surface area contributed by atoms with Crippen molar-refractivity contribution in [1.29, 1.82) is 0 Å². The summed E-state index contributed by atoms with van der Waals surface area (Å²) in [6.45, 7) is 5.19. The van der Waals surface area contributed by atoms with Crippen molar-refractivity contribution in [3.05, 3.63) is 23.8 Å². The molecule has 1 amide bonds. The van der Waals surface area contributed by atoms with Gasteiger partial charge < -0.3 is 19.7 Å². The van der Waals surface area contributed by atoms with Crippen molar-refractivity contribution in [3.63, 3.8) is 0 Å². The Morgan fingerprint density at radius 2 is 2.05 bits per heavy atom. The van der Waals surface area contributed by atoms with Crippen LogP contribution >= 0.6 is 0 Å². The second-order valence-corrected chi connectivity index (χ2v) is 6.14. The molecular weight excluding hydrogens is 268 g/mol. The molecule has 2 fully saturated rings. The van der Waals surface area contributed by atoms with Gasteiger partial charge in [0.1, 0.15) is 13.2 Å². The molecule has 3 aliphatic heterocycles. The minimum atomic E-state index is 0.107. The lowest BCUT2D eigenvalue weighted by molar-refractivity contribution is 0.0681. The quantitative estimate of drug-likeness (QED) is 0.846. The van der Waals surface area contributed by atoms with Crippen LogP contribution in [-0.2, 0) is 0 Å². The van der Waals surface area contributed by atoms with Crippen LogP contribution in [-0.4, -0.2) is 49.2 Å². The predicted molar refractivity (Wildman–Crippen MR) is 77.8 cm³/mol. The number of fused-ring (bicyclic) bond motifs is 2. The number of nitrogens with zero attached hydrogens (tertiary/aromatic N) is 1. The monoisotopic (exact) mass is 288 g/mol. The number of rotatable bonds is 1. The van der Waals surface area contributed by atoms with Crippen molar-refractivity contribution in [2.75, 3.05) is 26.3 Å². The Bertz CT molecular complexity index is 575. The minimum absolute atomic E-state index is 0.107. The fraction of sp³-hybridized carbons (Fsp3) is 0.562. The number of amides is 1. The molecule has 3 aliphatic rings. The highest BCUT2D eigenvalue weighted by atomic mass is 16.6. The molecule has 3 heterocycles. The summed E-state index contributed by atoms with van der Waals surface area (Å²) in [4.78, 5) is 14.9. The second kappa shape index (κ2) is 4.91. The molecule has 1 aromatic rings. The van der Waals surface area contributed by atoms with Crippen molar-refractivity contribution in [2.45, 2.75) is 25.4 Å². The Kier molecular flexibility index (Phi) is 3.03. The normalized spacial score (nSPS) is 30.3. The van der Waals surface area contributed by atoms with Gasteiger partial charge >= 0.3 is 0 Å². The Morgan fingerprint density at radius 3 is 2.90 bits per heavy atom. The van der Waals surface area contributed by atoms with Gasteiger partial charge in [0.2, 0.25) is 0 Å². The lowest BCUT2D eigenvalue weighted by Gasteiger charge is -2.28. The van der Waals surface area contributed by atoms with E-state index in [9.17, 15) is 4.79 Å². The lowest BCUT2D eigenvalue weighted by Crippen LogP contribution is -2.42. The molecule has 1 N–H and O–H groups in total. The highest BCUT2D eigenvalue weighted by Crippen LogP contribution is 2.35. The average Bonchev–Trinajstić information content (AvgIpc) is 3.06. The van der Waals surface area contributed by atoms with E-state index in [-0.39, 0.29) is 5.91 Å². The number of hydrogen-bond donors (Lipinski definition) is 1. The summed E-state index contributed by atoms with van der Waals surface area (Å²) >= 11 is 0. The number of nitrogens with one attached hydrogen (secondary N) is 1. The van der Waals surface area contributed by atoms with E-state index in [4.69, 9.17) is 9.47 Å². The van der Waals surface area contributed by atoms with Crippen molar-refractivity contribution < 1.29 is 14.3 Å². The van der Waals surface area contributed by atoms with Crippen molar-refractivity contribution >= 4 is 5.91 Å². The molecule has 0 aromatic heterocycles. The van der Waals surface area contributed by atoms with Gasteiger partial charge in [-0.05, 0) is 37.5 Å². The third kappa shape index (κ3) is 2.07. The van der Waals surface area contributed by atoms with Crippen LogP contribution in [0.3, 0.4) is 0 Å². The first-order valence-electron chi connectivity index (χ1n) is 7.67. The zero-order valence-electron chi connectivity index (χ0n) is 12.2. The minimum Gasteiger partial charge on any atom is -0.486 e. The second-order valence-electron chi connectivity index (χ2n) is 6.14. The van der Waals surface area contributed by atoms with Gasteiger partial charge in [0.15, 0.2) is 11.5 Å². The smallest absolute Gasteiger partial charge is 0.254 e. The van der Waals surface area contributed by atoms with Crippen molar-refractivity contribution in [3.8, 4) is 11.5 Å². The largest absolute Gasteiger partial charge is 0.486 e. The van der Waals surface area contributed by atoms with Crippen molar-refractivity contribution in [2.24, 2.45) is 5.92 Å². The van der Waals surface area contributed by atoms with Crippen LogP contribution < -0.4 is 14.8 Å². The molecule has 1 aromatic carbocycles. The number of carbonyl (C=O) groups is 1. The highest BCUT2D eigenvalue weighted by Gasteiger charge is 2.44. The van der Waals surface area contributed by atoms with E-state index in [2.05, 4.69) is 17.1 Å². The van der Waals surface area contributed by atoms with Gasteiger partial charge in [0, 0.05) is 30.7 Å². The van der Waals surface area contributed by atoms with E-state index in [1.165, 1.54) is 0 Å². The summed E-state index contributed by atoms with van der Waals surface area (Å²) in [6.07, 6.45) is 1.09. The number of ether oxygens (including phenoxy) is 2. The van der Waals surface area contributed by atoms with E-state index in [0.29, 0.717) is 42.5 Å². The molecule has 0 radical (unpaired) electrons. The molecular formula is C16H20N2O3. The maximum absolute atomic E-state index is 12.9. The Hall–Kier alpha value is -1.75. The zero-order chi connectivity index (χ0) is 14.4. The van der Waals surface area contributed by atoms with Crippen molar-refractivity contribution in [1.82, 2.24) is 10.2 Å². The van der Waals surface area contributed by atoms with Gasteiger partial charge in [-0.1, -0.05) is 0 Å². The fourth-order valence-electron chi connectivity index (χ4n) is 3.84. The van der Waals surface area contributed by atoms with Gasteiger partial charge in [0.25, 0.3) is 5.91 Å². The first-order valence-corrected chi connectivity index (χ1v) is 7.67. The van der Waals surface area contributed by atoms with E-state index in [1.54, 1.807) is 0 Å². The molecule has 0 bridgehead atoms. The van der Waals surface area contributed by atoms with Gasteiger partial charge in [-0.2, -0.15) is 0 Å². The summed E-state index contributed by atoms with van der Waals surface area (Å²) < 4.78 is 11.1. The van der Waals surface area contributed by atoms with Gasteiger partial charge in [-0.3, -0.25) is 4.79 Å². The summed E-state index contributed by atoms with van der Waals surface area (Å²) in [5, 5.41) is 3.39. The number of hydrogen-bond acceptors (Lipinski definition) is 4. The molecule has 5 heteroatoms. The standard InChI is InChI=1S/C16H20N2O3/c1-10-6-12-8-17-9-13(12)18(10)16(19)11-2-3-14-15(7-11)21-5-4-20-14/h2-3,7,10,12-13,17H,4-6,8-9H2,1H3. The van der Waals surface area contributed by atoms with Gasteiger partial charge in [-0.25, -0.2) is 0 Å². The van der Waals surface area contributed by atoms with E-state index in [0.717, 1.165) is 25.3 Å². The zero-order valence-corrected chi connectivity index (χ0v) is 12.2. The average molecular weight is 288 g/mol.